The minimum Gasteiger partial charge on any atom is -0.378 e. The third-order valence-corrected chi connectivity index (χ3v) is 5.47. The molecule has 0 unspecified atom stereocenters. The van der Waals surface area contributed by atoms with Crippen LogP contribution in [0.1, 0.15) is 12.8 Å². The van der Waals surface area contributed by atoms with Crippen LogP contribution in [0, 0.1) is 23.7 Å². The molecule has 6 heteroatoms. The monoisotopic (exact) mass is 304 g/mol. The third kappa shape index (κ3) is 2.00. The largest absolute Gasteiger partial charge is 0.378 e. The van der Waals surface area contributed by atoms with Crippen molar-refractivity contribution in [2.24, 2.45) is 23.7 Å². The van der Waals surface area contributed by atoms with Crippen molar-refractivity contribution < 1.29 is 19.1 Å². The summed E-state index contributed by atoms with van der Waals surface area (Å²) in [6.45, 7) is 2.54. The van der Waals surface area contributed by atoms with Crippen molar-refractivity contribution >= 4 is 17.7 Å². The van der Waals surface area contributed by atoms with Gasteiger partial charge in [-0.3, -0.25) is 19.3 Å². The molecule has 0 N–H and O–H groups in total. The second-order valence-electron chi connectivity index (χ2n) is 6.57. The van der Waals surface area contributed by atoms with Crippen LogP contribution in [-0.2, 0) is 19.1 Å². The summed E-state index contributed by atoms with van der Waals surface area (Å²) in [5.74, 6) is -0.00919. The summed E-state index contributed by atoms with van der Waals surface area (Å²) in [5, 5.41) is 0. The van der Waals surface area contributed by atoms with Gasteiger partial charge in [0.2, 0.25) is 17.7 Å². The predicted octanol–water partition coefficient (Wildman–Crippen LogP) is 0.0424. The number of hydrogen-bond donors (Lipinski definition) is 0. The maximum absolute atomic E-state index is 12.5. The Morgan fingerprint density at radius 3 is 2.27 bits per heavy atom. The highest BCUT2D eigenvalue weighted by molar-refractivity contribution is 6.06. The SMILES string of the molecule is O=C(CCN1C(=O)[C@H]2[C@H](C1=O)[C@H]1C=C[C@H]2C1)N1CCOCC1. The molecule has 0 aromatic heterocycles. The van der Waals surface area contributed by atoms with E-state index in [0.717, 1.165) is 6.42 Å². The van der Waals surface area contributed by atoms with Gasteiger partial charge >= 0.3 is 0 Å². The van der Waals surface area contributed by atoms with E-state index in [1.165, 1.54) is 4.90 Å². The Hall–Kier alpha value is -1.69. The average molecular weight is 304 g/mol. The van der Waals surface area contributed by atoms with Gasteiger partial charge in [0, 0.05) is 26.1 Å². The van der Waals surface area contributed by atoms with E-state index in [0.29, 0.717) is 26.3 Å². The van der Waals surface area contributed by atoms with E-state index >= 15 is 0 Å². The molecule has 4 rings (SSSR count). The lowest BCUT2D eigenvalue weighted by molar-refractivity contribution is -0.142. The molecular formula is C16H20N2O4. The van der Waals surface area contributed by atoms with E-state index in [1.54, 1.807) is 4.90 Å². The van der Waals surface area contributed by atoms with E-state index in [4.69, 9.17) is 4.74 Å². The Morgan fingerprint density at radius 1 is 1.09 bits per heavy atom. The molecule has 0 aromatic carbocycles. The Morgan fingerprint density at radius 2 is 1.68 bits per heavy atom. The number of carbonyl (C=O) groups excluding carboxylic acids is 3. The molecule has 0 aromatic rings. The van der Waals surface area contributed by atoms with Crippen molar-refractivity contribution in [2.75, 3.05) is 32.8 Å². The Bertz CT molecular complexity index is 522. The molecule has 1 saturated carbocycles. The Kier molecular flexibility index (Phi) is 3.29. The summed E-state index contributed by atoms with van der Waals surface area (Å²) in [7, 11) is 0. The number of rotatable bonds is 3. The van der Waals surface area contributed by atoms with Crippen molar-refractivity contribution in [1.82, 2.24) is 9.80 Å². The zero-order chi connectivity index (χ0) is 15.3. The average Bonchev–Trinajstić information content (AvgIpc) is 3.21. The zero-order valence-electron chi connectivity index (χ0n) is 12.4. The molecule has 22 heavy (non-hydrogen) atoms. The number of ether oxygens (including phenoxy) is 1. The molecular weight excluding hydrogens is 284 g/mol. The van der Waals surface area contributed by atoms with Gasteiger partial charge in [-0.1, -0.05) is 12.2 Å². The first-order valence-electron chi connectivity index (χ1n) is 8.06. The van der Waals surface area contributed by atoms with Gasteiger partial charge in [-0.05, 0) is 18.3 Å². The van der Waals surface area contributed by atoms with Crippen LogP contribution in [0.3, 0.4) is 0 Å². The predicted molar refractivity (Wildman–Crippen MR) is 76.5 cm³/mol. The van der Waals surface area contributed by atoms with Gasteiger partial charge in [-0.2, -0.15) is 0 Å². The van der Waals surface area contributed by atoms with Crippen LogP contribution in [-0.4, -0.2) is 60.4 Å². The number of hydrogen-bond acceptors (Lipinski definition) is 4. The second-order valence-corrected chi connectivity index (χ2v) is 6.57. The van der Waals surface area contributed by atoms with Crippen LogP contribution in [0.2, 0.25) is 0 Å². The number of carbonyl (C=O) groups is 3. The van der Waals surface area contributed by atoms with E-state index in [-0.39, 0.29) is 54.4 Å². The van der Waals surface area contributed by atoms with Gasteiger partial charge in [0.05, 0.1) is 25.0 Å². The lowest BCUT2D eigenvalue weighted by Crippen LogP contribution is -2.43. The van der Waals surface area contributed by atoms with Crippen LogP contribution in [0.4, 0.5) is 0 Å². The van der Waals surface area contributed by atoms with Crippen molar-refractivity contribution in [2.45, 2.75) is 12.8 Å². The summed E-state index contributed by atoms with van der Waals surface area (Å²) >= 11 is 0. The summed E-state index contributed by atoms with van der Waals surface area (Å²) in [4.78, 5) is 40.3. The smallest absolute Gasteiger partial charge is 0.233 e. The number of fused-ring (bicyclic) bond motifs is 5. The van der Waals surface area contributed by atoms with Crippen molar-refractivity contribution in [3.05, 3.63) is 12.2 Å². The van der Waals surface area contributed by atoms with Crippen LogP contribution >= 0.6 is 0 Å². The highest BCUT2D eigenvalue weighted by Gasteiger charge is 2.59. The molecule has 3 amide bonds. The molecule has 0 radical (unpaired) electrons. The quantitative estimate of drug-likeness (QED) is 0.545. The third-order valence-electron chi connectivity index (χ3n) is 5.47. The molecule has 2 aliphatic carbocycles. The molecule has 4 aliphatic rings. The van der Waals surface area contributed by atoms with Crippen LogP contribution < -0.4 is 0 Å². The number of imide groups is 1. The minimum atomic E-state index is -0.166. The van der Waals surface area contributed by atoms with E-state index in [2.05, 4.69) is 12.2 Å². The summed E-state index contributed by atoms with van der Waals surface area (Å²) in [6, 6.07) is 0. The van der Waals surface area contributed by atoms with Crippen molar-refractivity contribution in [3.8, 4) is 0 Å². The maximum Gasteiger partial charge on any atom is 0.233 e. The first kappa shape index (κ1) is 13.9. The van der Waals surface area contributed by atoms with Gasteiger partial charge in [-0.15, -0.1) is 0 Å². The number of morpholine rings is 1. The van der Waals surface area contributed by atoms with Crippen molar-refractivity contribution in [1.29, 1.82) is 0 Å². The van der Waals surface area contributed by atoms with Gasteiger partial charge in [-0.25, -0.2) is 0 Å². The van der Waals surface area contributed by atoms with E-state index < -0.39 is 0 Å². The fraction of sp³-hybridized carbons (Fsp3) is 0.688. The molecule has 2 heterocycles. The van der Waals surface area contributed by atoms with Crippen molar-refractivity contribution in [3.63, 3.8) is 0 Å². The molecule has 118 valence electrons. The molecule has 2 saturated heterocycles. The number of nitrogens with zero attached hydrogens (tertiary/aromatic N) is 2. The van der Waals surface area contributed by atoms with E-state index in [1.807, 2.05) is 0 Å². The normalized spacial score (nSPS) is 36.4. The molecule has 4 atom stereocenters. The topological polar surface area (TPSA) is 66.9 Å². The van der Waals surface area contributed by atoms with Gasteiger partial charge < -0.3 is 9.64 Å². The number of allylic oxidation sites excluding steroid dienone is 2. The Labute approximate surface area is 129 Å². The van der Waals surface area contributed by atoms with Crippen LogP contribution in [0.15, 0.2) is 12.2 Å². The molecule has 0 spiro atoms. The van der Waals surface area contributed by atoms with Gasteiger partial charge in [0.1, 0.15) is 0 Å². The molecule has 6 nitrogen and oxygen atoms in total. The Balaban J connectivity index is 1.39. The molecule has 2 bridgehead atoms. The summed E-state index contributed by atoms with van der Waals surface area (Å²) in [6.07, 6.45) is 5.33. The standard InChI is InChI=1S/C16H20N2O4/c19-12(17-5-7-22-8-6-17)3-4-18-15(20)13-10-1-2-11(9-10)14(13)16(18)21/h1-2,10-11,13-14H,3-9H2/t10-,11-,13+,14+/m0/s1. The fourth-order valence-corrected chi connectivity index (χ4v) is 4.36. The molecule has 3 fully saturated rings. The summed E-state index contributed by atoms with van der Waals surface area (Å²) in [5.41, 5.74) is 0. The highest BCUT2D eigenvalue weighted by Crippen LogP contribution is 2.52. The second kappa shape index (κ2) is 5.19. The van der Waals surface area contributed by atoms with E-state index in [9.17, 15) is 14.4 Å². The lowest BCUT2D eigenvalue weighted by Gasteiger charge is -2.27. The lowest BCUT2D eigenvalue weighted by atomic mass is 9.85. The first-order valence-corrected chi connectivity index (χ1v) is 8.06. The van der Waals surface area contributed by atoms with Crippen LogP contribution in [0.5, 0.6) is 0 Å². The maximum atomic E-state index is 12.5. The highest BCUT2D eigenvalue weighted by atomic mass is 16.5. The van der Waals surface area contributed by atoms with Gasteiger partial charge in [0.15, 0.2) is 0 Å². The summed E-state index contributed by atoms with van der Waals surface area (Å²) < 4.78 is 5.22. The first-order chi connectivity index (χ1) is 10.7. The molecule has 2 aliphatic heterocycles. The number of likely N-dealkylation sites (tertiary alicyclic amines) is 1. The fourth-order valence-electron chi connectivity index (χ4n) is 4.36. The number of amides is 3. The minimum absolute atomic E-state index is 0.00190. The van der Waals surface area contributed by atoms with Crippen LogP contribution in [0.25, 0.3) is 0 Å². The zero-order valence-corrected chi connectivity index (χ0v) is 12.4. The van der Waals surface area contributed by atoms with Gasteiger partial charge in [0.25, 0.3) is 0 Å².